The molecule has 0 aromatic rings. The predicted octanol–water partition coefficient (Wildman–Crippen LogP) is 1.60. The van der Waals surface area contributed by atoms with Crippen molar-refractivity contribution in [3.8, 4) is 0 Å². The van der Waals surface area contributed by atoms with Gasteiger partial charge in [0.2, 0.25) is 0 Å². The summed E-state index contributed by atoms with van der Waals surface area (Å²) in [5.41, 5.74) is 0.423. The van der Waals surface area contributed by atoms with Crippen molar-refractivity contribution in [3.63, 3.8) is 0 Å². The van der Waals surface area contributed by atoms with E-state index < -0.39 is 0 Å². The van der Waals surface area contributed by atoms with Crippen LogP contribution in [-0.4, -0.2) is 12.6 Å². The molecule has 0 aromatic heterocycles. The lowest BCUT2D eigenvalue weighted by atomic mass is 10.2. The molecule has 11 heavy (non-hydrogen) atoms. The highest BCUT2D eigenvalue weighted by atomic mass is 16.5. The number of rotatable bonds is 2. The van der Waals surface area contributed by atoms with Crippen LogP contribution in [0.15, 0.2) is 0 Å². The molecule has 2 aliphatic rings. The van der Waals surface area contributed by atoms with Gasteiger partial charge in [-0.1, -0.05) is 6.92 Å². The molecule has 0 amide bonds. The summed E-state index contributed by atoms with van der Waals surface area (Å²) in [6.45, 7) is 4.61. The van der Waals surface area contributed by atoms with Crippen molar-refractivity contribution in [2.75, 3.05) is 6.61 Å². The Bertz CT molecular complexity index is 200. The predicted molar refractivity (Wildman–Crippen MR) is 41.0 cm³/mol. The topological polar surface area (TPSA) is 26.3 Å². The maximum Gasteiger partial charge on any atom is 0.309 e. The average Bonchev–Trinajstić information content (AvgIpc) is 2.78. The van der Waals surface area contributed by atoms with Gasteiger partial charge in [0, 0.05) is 0 Å². The first-order valence-corrected chi connectivity index (χ1v) is 4.37. The van der Waals surface area contributed by atoms with E-state index in [0.717, 1.165) is 12.3 Å². The van der Waals surface area contributed by atoms with E-state index in [1.807, 2.05) is 6.92 Å². The first kappa shape index (κ1) is 7.14. The molecule has 1 spiro atoms. The lowest BCUT2D eigenvalue weighted by Gasteiger charge is -1.98. The van der Waals surface area contributed by atoms with Gasteiger partial charge < -0.3 is 4.74 Å². The lowest BCUT2D eigenvalue weighted by Crippen LogP contribution is -2.08. The monoisotopic (exact) mass is 154 g/mol. The third-order valence-corrected chi connectivity index (χ3v) is 3.20. The molecular formula is C9H14O2. The second kappa shape index (κ2) is 1.99. The van der Waals surface area contributed by atoms with E-state index in [-0.39, 0.29) is 11.9 Å². The summed E-state index contributed by atoms with van der Waals surface area (Å²) < 4.78 is 4.95. The van der Waals surface area contributed by atoms with Gasteiger partial charge in [-0.3, -0.25) is 4.79 Å². The highest BCUT2D eigenvalue weighted by Gasteiger charge is 2.71. The fourth-order valence-corrected chi connectivity index (χ4v) is 2.16. The molecule has 0 aromatic carbocycles. The number of hydrogen-bond acceptors (Lipinski definition) is 2. The zero-order valence-electron chi connectivity index (χ0n) is 7.09. The highest BCUT2D eigenvalue weighted by Crippen LogP contribution is 2.74. The fourth-order valence-electron chi connectivity index (χ4n) is 2.16. The molecule has 2 aliphatic carbocycles. The summed E-state index contributed by atoms with van der Waals surface area (Å²) in [6, 6.07) is 0. The average molecular weight is 154 g/mol. The zero-order valence-corrected chi connectivity index (χ0v) is 7.09. The summed E-state index contributed by atoms with van der Waals surface area (Å²) in [4.78, 5) is 11.2. The minimum Gasteiger partial charge on any atom is -0.466 e. The largest absolute Gasteiger partial charge is 0.466 e. The van der Waals surface area contributed by atoms with Gasteiger partial charge in [0.25, 0.3) is 0 Å². The van der Waals surface area contributed by atoms with Gasteiger partial charge in [-0.2, -0.15) is 0 Å². The summed E-state index contributed by atoms with van der Waals surface area (Å²) in [7, 11) is 0. The third-order valence-electron chi connectivity index (χ3n) is 3.20. The van der Waals surface area contributed by atoms with Crippen LogP contribution in [0, 0.1) is 17.3 Å². The van der Waals surface area contributed by atoms with Crippen LogP contribution in [0.1, 0.15) is 26.7 Å². The number of carbonyl (C=O) groups excluding carboxylic acids is 1. The molecule has 2 rings (SSSR count). The molecule has 0 radical (unpaired) electrons. The molecule has 0 saturated heterocycles. The van der Waals surface area contributed by atoms with Crippen LogP contribution < -0.4 is 0 Å². The molecule has 2 heteroatoms. The maximum atomic E-state index is 11.2. The Balaban J connectivity index is 1.87. The molecule has 0 aliphatic heterocycles. The number of ether oxygens (including phenoxy) is 1. The van der Waals surface area contributed by atoms with Crippen LogP contribution in [0.25, 0.3) is 0 Å². The van der Waals surface area contributed by atoms with Crippen molar-refractivity contribution in [3.05, 3.63) is 0 Å². The van der Waals surface area contributed by atoms with Crippen LogP contribution in [-0.2, 0) is 9.53 Å². The summed E-state index contributed by atoms with van der Waals surface area (Å²) in [5, 5.41) is 0. The molecular weight excluding hydrogens is 140 g/mol. The summed E-state index contributed by atoms with van der Waals surface area (Å²) in [5.74, 6) is 1.08. The standard InChI is InChI=1S/C9H14O2/c1-3-11-8(10)7-5-9(7)4-6(9)2/h6-7H,3-5H2,1-2H3. The van der Waals surface area contributed by atoms with Gasteiger partial charge in [0.15, 0.2) is 0 Å². The summed E-state index contributed by atoms with van der Waals surface area (Å²) >= 11 is 0. The second-order valence-corrected chi connectivity index (χ2v) is 3.85. The Kier molecular flexibility index (Phi) is 1.29. The van der Waals surface area contributed by atoms with Crippen LogP contribution in [0.2, 0.25) is 0 Å². The fraction of sp³-hybridized carbons (Fsp3) is 0.889. The summed E-state index contributed by atoms with van der Waals surface area (Å²) in [6.07, 6.45) is 2.34. The van der Waals surface area contributed by atoms with Gasteiger partial charge in [-0.15, -0.1) is 0 Å². The maximum absolute atomic E-state index is 11.2. The molecule has 62 valence electrons. The van der Waals surface area contributed by atoms with Gasteiger partial charge in [-0.25, -0.2) is 0 Å². The number of hydrogen-bond donors (Lipinski definition) is 0. The molecule has 0 N–H and O–H groups in total. The van der Waals surface area contributed by atoms with E-state index in [9.17, 15) is 4.79 Å². The molecule has 2 nitrogen and oxygen atoms in total. The first-order valence-electron chi connectivity index (χ1n) is 4.37. The Morgan fingerprint density at radius 3 is 2.64 bits per heavy atom. The van der Waals surface area contributed by atoms with Crippen LogP contribution in [0.3, 0.4) is 0 Å². The Hall–Kier alpha value is -0.530. The Morgan fingerprint density at radius 1 is 1.64 bits per heavy atom. The van der Waals surface area contributed by atoms with Gasteiger partial charge in [0.05, 0.1) is 12.5 Å². The van der Waals surface area contributed by atoms with Crippen LogP contribution >= 0.6 is 0 Å². The van der Waals surface area contributed by atoms with Crippen molar-refractivity contribution in [1.29, 1.82) is 0 Å². The third kappa shape index (κ3) is 0.883. The molecule has 0 heterocycles. The van der Waals surface area contributed by atoms with E-state index in [1.54, 1.807) is 0 Å². The Labute approximate surface area is 66.9 Å². The van der Waals surface area contributed by atoms with E-state index >= 15 is 0 Å². The van der Waals surface area contributed by atoms with Crippen molar-refractivity contribution in [2.45, 2.75) is 26.7 Å². The quantitative estimate of drug-likeness (QED) is 0.565. The normalized spacial score (nSPS) is 45.6. The van der Waals surface area contributed by atoms with E-state index in [0.29, 0.717) is 12.0 Å². The lowest BCUT2D eigenvalue weighted by molar-refractivity contribution is -0.145. The van der Waals surface area contributed by atoms with Crippen molar-refractivity contribution in [2.24, 2.45) is 17.3 Å². The molecule has 3 unspecified atom stereocenters. The number of carbonyl (C=O) groups is 1. The van der Waals surface area contributed by atoms with Crippen molar-refractivity contribution >= 4 is 5.97 Å². The zero-order chi connectivity index (χ0) is 8.06. The minimum absolute atomic E-state index is 0.0388. The Morgan fingerprint density at radius 2 is 2.27 bits per heavy atom. The smallest absolute Gasteiger partial charge is 0.309 e. The molecule has 3 atom stereocenters. The van der Waals surface area contributed by atoms with Crippen LogP contribution in [0.5, 0.6) is 0 Å². The first-order chi connectivity index (χ1) is 5.20. The molecule has 0 bridgehead atoms. The highest BCUT2D eigenvalue weighted by molar-refractivity contribution is 5.78. The van der Waals surface area contributed by atoms with Crippen molar-refractivity contribution in [1.82, 2.24) is 0 Å². The number of esters is 1. The second-order valence-electron chi connectivity index (χ2n) is 3.85. The van der Waals surface area contributed by atoms with Crippen molar-refractivity contribution < 1.29 is 9.53 Å². The molecule has 2 saturated carbocycles. The van der Waals surface area contributed by atoms with E-state index in [4.69, 9.17) is 4.74 Å². The van der Waals surface area contributed by atoms with Gasteiger partial charge in [-0.05, 0) is 31.1 Å². The van der Waals surface area contributed by atoms with Gasteiger partial charge >= 0.3 is 5.97 Å². The molecule has 2 fully saturated rings. The van der Waals surface area contributed by atoms with E-state index in [1.165, 1.54) is 6.42 Å². The minimum atomic E-state index is 0.0388. The van der Waals surface area contributed by atoms with Gasteiger partial charge in [0.1, 0.15) is 0 Å². The van der Waals surface area contributed by atoms with Crippen LogP contribution in [0.4, 0.5) is 0 Å². The SMILES string of the molecule is CCOC(=O)C1CC12CC2C. The van der Waals surface area contributed by atoms with E-state index in [2.05, 4.69) is 6.92 Å².